The lowest BCUT2D eigenvalue weighted by atomic mass is 10.2. The van der Waals surface area contributed by atoms with E-state index in [4.69, 9.17) is 0 Å². The fraction of sp³-hybridized carbons (Fsp3) is 0.444. The van der Waals surface area contributed by atoms with Gasteiger partial charge in [0.05, 0.1) is 0 Å². The Morgan fingerprint density at radius 2 is 2.20 bits per heavy atom. The van der Waals surface area contributed by atoms with E-state index >= 15 is 0 Å². The molecule has 2 aromatic rings. The molecule has 0 radical (unpaired) electrons. The summed E-state index contributed by atoms with van der Waals surface area (Å²) in [5, 5.41) is 4.10. The van der Waals surface area contributed by atoms with Crippen LogP contribution in [0.3, 0.4) is 0 Å². The van der Waals surface area contributed by atoms with E-state index in [0.29, 0.717) is 5.78 Å². The Labute approximate surface area is 90.1 Å². The van der Waals surface area contributed by atoms with Crippen LogP contribution in [0.5, 0.6) is 0 Å². The molecule has 3 rings (SSSR count). The highest BCUT2D eigenvalue weighted by molar-refractivity contribution is 7.98. The van der Waals surface area contributed by atoms with Crippen LogP contribution in [0.4, 0.5) is 0 Å². The topological polar surface area (TPSA) is 52.2 Å². The third-order valence-corrected chi connectivity index (χ3v) is 3.69. The summed E-state index contributed by atoms with van der Waals surface area (Å²) in [4.78, 5) is 16.2. The van der Waals surface area contributed by atoms with Crippen LogP contribution >= 0.6 is 11.8 Å². The maximum Gasteiger partial charge on any atom is 0.351 e. The summed E-state index contributed by atoms with van der Waals surface area (Å²) in [7, 11) is 1.65. The summed E-state index contributed by atoms with van der Waals surface area (Å²) >= 11 is 1.81. The molecule has 0 aromatic carbocycles. The molecule has 1 aliphatic heterocycles. The van der Waals surface area contributed by atoms with Crippen molar-refractivity contribution >= 4 is 17.5 Å². The van der Waals surface area contributed by atoms with Gasteiger partial charge in [-0.15, -0.1) is 5.10 Å². The zero-order valence-corrected chi connectivity index (χ0v) is 9.34. The van der Waals surface area contributed by atoms with Crippen molar-refractivity contribution in [1.29, 1.82) is 0 Å². The minimum absolute atomic E-state index is 0.101. The van der Waals surface area contributed by atoms with Gasteiger partial charge < -0.3 is 0 Å². The Morgan fingerprint density at radius 1 is 1.40 bits per heavy atom. The molecule has 0 amide bonds. The zero-order valence-electron chi connectivity index (χ0n) is 8.52. The highest BCUT2D eigenvalue weighted by Crippen LogP contribution is 2.30. The molecule has 0 bridgehead atoms. The first-order valence-corrected chi connectivity index (χ1v) is 5.86. The first kappa shape index (κ1) is 8.96. The van der Waals surface area contributed by atoms with E-state index in [1.54, 1.807) is 11.4 Å². The maximum absolute atomic E-state index is 11.8. The van der Waals surface area contributed by atoms with Crippen LogP contribution in [-0.2, 0) is 18.6 Å². The van der Waals surface area contributed by atoms with E-state index in [-0.39, 0.29) is 5.69 Å². The maximum atomic E-state index is 11.8. The van der Waals surface area contributed by atoms with Gasteiger partial charge in [0.1, 0.15) is 0 Å². The molecule has 2 aromatic heterocycles. The van der Waals surface area contributed by atoms with Crippen molar-refractivity contribution in [3.8, 4) is 0 Å². The molecule has 0 aliphatic carbocycles. The molecule has 5 nitrogen and oxygen atoms in total. The SMILES string of the molecule is Cc1nc2nn(C)c(=O)n2c2c1CSC2. The molecule has 1 aliphatic rings. The van der Waals surface area contributed by atoms with Crippen LogP contribution in [0.15, 0.2) is 4.79 Å². The summed E-state index contributed by atoms with van der Waals surface area (Å²) in [5.74, 6) is 2.34. The lowest BCUT2D eigenvalue weighted by molar-refractivity contribution is 0.729. The quantitative estimate of drug-likeness (QED) is 0.650. The fourth-order valence-electron chi connectivity index (χ4n) is 1.91. The standard InChI is InChI=1S/C9H10N4OS/c1-5-6-3-15-4-7(6)13-8(10-5)11-12(2)9(13)14/h3-4H2,1-2H3. The van der Waals surface area contributed by atoms with Gasteiger partial charge in [-0.1, -0.05) is 0 Å². The summed E-state index contributed by atoms with van der Waals surface area (Å²) in [6.45, 7) is 1.98. The number of aryl methyl sites for hydroxylation is 2. The predicted molar refractivity (Wildman–Crippen MR) is 58.0 cm³/mol. The third kappa shape index (κ3) is 1.08. The monoisotopic (exact) mass is 222 g/mol. The third-order valence-electron chi connectivity index (χ3n) is 2.72. The molecular weight excluding hydrogens is 212 g/mol. The molecule has 6 heteroatoms. The van der Waals surface area contributed by atoms with Crippen molar-refractivity contribution in [3.63, 3.8) is 0 Å². The number of fused-ring (bicyclic) bond motifs is 3. The molecule has 0 saturated heterocycles. The van der Waals surface area contributed by atoms with E-state index in [9.17, 15) is 4.79 Å². The minimum Gasteiger partial charge on any atom is -0.246 e. The second-order valence-corrected chi connectivity index (χ2v) is 4.64. The van der Waals surface area contributed by atoms with Crippen molar-refractivity contribution in [2.75, 3.05) is 0 Å². The zero-order chi connectivity index (χ0) is 10.6. The van der Waals surface area contributed by atoms with E-state index in [0.717, 1.165) is 22.9 Å². The second kappa shape index (κ2) is 2.85. The first-order valence-electron chi connectivity index (χ1n) is 4.70. The normalized spacial score (nSPS) is 14.8. The largest absolute Gasteiger partial charge is 0.351 e. The number of rotatable bonds is 0. The van der Waals surface area contributed by atoms with E-state index in [2.05, 4.69) is 10.1 Å². The predicted octanol–water partition coefficient (Wildman–Crippen LogP) is 0.483. The Hall–Kier alpha value is -1.30. The van der Waals surface area contributed by atoms with Crippen LogP contribution < -0.4 is 5.69 Å². The number of aromatic nitrogens is 4. The van der Waals surface area contributed by atoms with Crippen molar-refractivity contribution < 1.29 is 0 Å². The average Bonchev–Trinajstić information content (AvgIpc) is 2.74. The highest BCUT2D eigenvalue weighted by atomic mass is 32.2. The molecular formula is C9H10N4OS. The van der Waals surface area contributed by atoms with Crippen LogP contribution in [0.25, 0.3) is 5.78 Å². The van der Waals surface area contributed by atoms with Crippen molar-refractivity contribution in [2.24, 2.45) is 7.05 Å². The molecule has 3 heterocycles. The lowest BCUT2D eigenvalue weighted by Gasteiger charge is -2.03. The van der Waals surface area contributed by atoms with Gasteiger partial charge in [-0.25, -0.2) is 18.9 Å². The Kier molecular flexibility index (Phi) is 1.70. The van der Waals surface area contributed by atoms with Gasteiger partial charge in [0.25, 0.3) is 5.78 Å². The molecule has 15 heavy (non-hydrogen) atoms. The van der Waals surface area contributed by atoms with Gasteiger partial charge in [0.2, 0.25) is 0 Å². The summed E-state index contributed by atoms with van der Waals surface area (Å²) < 4.78 is 2.97. The van der Waals surface area contributed by atoms with Crippen molar-refractivity contribution in [1.82, 2.24) is 19.2 Å². The molecule has 78 valence electrons. The van der Waals surface area contributed by atoms with Gasteiger partial charge in [0.15, 0.2) is 0 Å². The molecule has 0 unspecified atom stereocenters. The lowest BCUT2D eigenvalue weighted by Crippen LogP contribution is -2.20. The van der Waals surface area contributed by atoms with Crippen LogP contribution in [-0.4, -0.2) is 19.2 Å². The van der Waals surface area contributed by atoms with Crippen molar-refractivity contribution in [3.05, 3.63) is 27.4 Å². The molecule has 0 spiro atoms. The summed E-state index contributed by atoms with van der Waals surface area (Å²) in [6, 6.07) is 0. The van der Waals surface area contributed by atoms with Crippen molar-refractivity contribution in [2.45, 2.75) is 18.4 Å². The highest BCUT2D eigenvalue weighted by Gasteiger charge is 2.21. The van der Waals surface area contributed by atoms with E-state index in [1.807, 2.05) is 18.7 Å². The second-order valence-electron chi connectivity index (χ2n) is 3.66. The number of thioether (sulfide) groups is 1. The summed E-state index contributed by atoms with van der Waals surface area (Å²) in [5.41, 5.74) is 3.16. The van der Waals surface area contributed by atoms with Gasteiger partial charge in [-0.3, -0.25) is 0 Å². The van der Waals surface area contributed by atoms with Crippen LogP contribution in [0, 0.1) is 6.92 Å². The molecule has 0 saturated carbocycles. The summed E-state index contributed by atoms with van der Waals surface area (Å²) in [6.07, 6.45) is 0. The minimum atomic E-state index is -0.101. The average molecular weight is 222 g/mol. The van der Waals surface area contributed by atoms with Gasteiger partial charge in [-0.2, -0.15) is 11.8 Å². The Morgan fingerprint density at radius 3 is 3.00 bits per heavy atom. The molecule has 0 atom stereocenters. The van der Waals surface area contributed by atoms with Crippen LogP contribution in [0.1, 0.15) is 17.0 Å². The fourth-order valence-corrected chi connectivity index (χ4v) is 3.09. The van der Waals surface area contributed by atoms with E-state index in [1.165, 1.54) is 10.2 Å². The first-order chi connectivity index (χ1) is 7.18. The number of hydrogen-bond acceptors (Lipinski definition) is 4. The Bertz CT molecular complexity index is 613. The van der Waals surface area contributed by atoms with Gasteiger partial charge in [0, 0.05) is 35.5 Å². The number of hydrogen-bond donors (Lipinski definition) is 0. The number of nitrogens with zero attached hydrogens (tertiary/aromatic N) is 4. The Balaban J connectivity index is 2.55. The smallest absolute Gasteiger partial charge is 0.246 e. The van der Waals surface area contributed by atoms with Gasteiger partial charge >= 0.3 is 5.69 Å². The van der Waals surface area contributed by atoms with Crippen LogP contribution in [0.2, 0.25) is 0 Å². The van der Waals surface area contributed by atoms with E-state index < -0.39 is 0 Å². The molecule has 0 fully saturated rings. The molecule has 0 N–H and O–H groups in total. The van der Waals surface area contributed by atoms with Gasteiger partial charge in [-0.05, 0) is 6.92 Å².